The van der Waals surface area contributed by atoms with Crippen molar-refractivity contribution < 1.29 is 4.39 Å². The van der Waals surface area contributed by atoms with E-state index < -0.39 is 5.82 Å². The van der Waals surface area contributed by atoms with Crippen LogP contribution in [0.25, 0.3) is 0 Å². The molecule has 0 atom stereocenters. The van der Waals surface area contributed by atoms with Crippen LogP contribution >= 0.6 is 12.4 Å². The monoisotopic (exact) mass is 172 g/mol. The Kier molecular flexibility index (Phi) is 4.16. The molecular formula is C7H6ClFN2. The first-order valence-corrected chi connectivity index (χ1v) is 2.81. The Morgan fingerprint density at radius 1 is 1.64 bits per heavy atom. The Morgan fingerprint density at radius 3 is 2.91 bits per heavy atom. The summed E-state index contributed by atoms with van der Waals surface area (Å²) in [5.74, 6) is -0.413. The van der Waals surface area contributed by atoms with Crippen LogP contribution in [-0.2, 0) is 6.42 Å². The highest BCUT2D eigenvalue weighted by Gasteiger charge is 1.98. The third-order valence-corrected chi connectivity index (χ3v) is 1.08. The fraction of sp³-hybridized carbons (Fsp3) is 0.143. The van der Waals surface area contributed by atoms with Gasteiger partial charge < -0.3 is 0 Å². The Balaban J connectivity index is 0.000001000. The number of pyridine rings is 1. The maximum absolute atomic E-state index is 12.6. The minimum Gasteiger partial charge on any atom is -0.257 e. The van der Waals surface area contributed by atoms with Crippen molar-refractivity contribution in [3.63, 3.8) is 0 Å². The quantitative estimate of drug-likeness (QED) is 0.647. The van der Waals surface area contributed by atoms with Crippen LogP contribution in [-0.4, -0.2) is 4.98 Å². The van der Waals surface area contributed by atoms with Crippen LogP contribution < -0.4 is 0 Å². The predicted molar refractivity (Wildman–Crippen MR) is 40.8 cm³/mol. The van der Waals surface area contributed by atoms with Crippen molar-refractivity contribution in [1.82, 2.24) is 4.98 Å². The third-order valence-electron chi connectivity index (χ3n) is 1.08. The van der Waals surface area contributed by atoms with Crippen molar-refractivity contribution in [2.75, 3.05) is 0 Å². The second-order valence-corrected chi connectivity index (χ2v) is 1.77. The molecule has 0 saturated carbocycles. The lowest BCUT2D eigenvalue weighted by atomic mass is 10.3. The van der Waals surface area contributed by atoms with Gasteiger partial charge in [-0.3, -0.25) is 4.98 Å². The van der Waals surface area contributed by atoms with Crippen LogP contribution in [0.4, 0.5) is 4.39 Å². The van der Waals surface area contributed by atoms with E-state index >= 15 is 0 Å². The molecule has 1 aromatic rings. The van der Waals surface area contributed by atoms with Gasteiger partial charge in [-0.1, -0.05) is 0 Å². The lowest BCUT2D eigenvalue weighted by Gasteiger charge is -1.92. The predicted octanol–water partition coefficient (Wildman–Crippen LogP) is 1.71. The van der Waals surface area contributed by atoms with Gasteiger partial charge >= 0.3 is 0 Å². The molecule has 1 rings (SSSR count). The molecule has 0 spiro atoms. The number of nitrogens with zero attached hydrogens (tertiary/aromatic N) is 2. The zero-order valence-corrected chi connectivity index (χ0v) is 6.44. The van der Waals surface area contributed by atoms with E-state index in [9.17, 15) is 4.39 Å². The van der Waals surface area contributed by atoms with Crippen molar-refractivity contribution in [3.05, 3.63) is 29.8 Å². The van der Waals surface area contributed by atoms with Crippen LogP contribution in [0.1, 0.15) is 5.69 Å². The molecule has 0 fully saturated rings. The highest BCUT2D eigenvalue weighted by molar-refractivity contribution is 5.85. The Hall–Kier alpha value is -1.14. The maximum Gasteiger partial charge on any atom is 0.145 e. The summed E-state index contributed by atoms with van der Waals surface area (Å²) in [7, 11) is 0. The first-order valence-electron chi connectivity index (χ1n) is 2.81. The number of aromatic nitrogens is 1. The van der Waals surface area contributed by atoms with E-state index in [4.69, 9.17) is 5.26 Å². The van der Waals surface area contributed by atoms with E-state index in [1.807, 2.05) is 6.07 Å². The van der Waals surface area contributed by atoms with Crippen LogP contribution in [0.2, 0.25) is 0 Å². The van der Waals surface area contributed by atoms with Gasteiger partial charge in [-0.25, -0.2) is 4.39 Å². The summed E-state index contributed by atoms with van der Waals surface area (Å²) in [4.78, 5) is 3.67. The highest BCUT2D eigenvalue weighted by Crippen LogP contribution is 2.01. The minimum absolute atomic E-state index is 0. The van der Waals surface area contributed by atoms with Gasteiger partial charge in [0, 0.05) is 6.20 Å². The van der Waals surface area contributed by atoms with Gasteiger partial charge in [-0.05, 0) is 12.1 Å². The van der Waals surface area contributed by atoms with E-state index in [0.29, 0.717) is 0 Å². The number of hydrogen-bond acceptors (Lipinski definition) is 2. The van der Waals surface area contributed by atoms with Crippen molar-refractivity contribution in [3.8, 4) is 6.07 Å². The molecule has 0 bridgehead atoms. The van der Waals surface area contributed by atoms with Crippen LogP contribution in [0.3, 0.4) is 0 Å². The average Bonchev–Trinajstić information content (AvgIpc) is 1.94. The van der Waals surface area contributed by atoms with Crippen molar-refractivity contribution >= 4 is 12.4 Å². The second-order valence-electron chi connectivity index (χ2n) is 1.77. The molecule has 2 nitrogen and oxygen atoms in total. The SMILES string of the molecule is Cl.N#CCc1ncccc1F. The summed E-state index contributed by atoms with van der Waals surface area (Å²) in [5, 5.41) is 8.19. The maximum atomic E-state index is 12.6. The molecule has 0 radical (unpaired) electrons. The van der Waals surface area contributed by atoms with E-state index in [-0.39, 0.29) is 24.5 Å². The molecule has 0 N–H and O–H groups in total. The zero-order valence-electron chi connectivity index (χ0n) is 5.62. The van der Waals surface area contributed by atoms with Crippen LogP contribution in [0.5, 0.6) is 0 Å². The first kappa shape index (κ1) is 9.86. The third kappa shape index (κ3) is 2.52. The van der Waals surface area contributed by atoms with Crippen molar-refractivity contribution in [2.24, 2.45) is 0 Å². The van der Waals surface area contributed by atoms with Gasteiger partial charge in [0.05, 0.1) is 18.2 Å². The number of halogens is 2. The number of rotatable bonds is 1. The second kappa shape index (κ2) is 4.64. The molecule has 0 saturated heterocycles. The fourth-order valence-electron chi connectivity index (χ4n) is 0.623. The smallest absolute Gasteiger partial charge is 0.145 e. The summed E-state index contributed by atoms with van der Waals surface area (Å²) in [6, 6.07) is 4.61. The highest BCUT2D eigenvalue weighted by atomic mass is 35.5. The molecule has 0 aromatic carbocycles. The average molecular weight is 173 g/mol. The van der Waals surface area contributed by atoms with Crippen molar-refractivity contribution in [1.29, 1.82) is 5.26 Å². The first-order chi connectivity index (χ1) is 4.84. The summed E-state index contributed by atoms with van der Waals surface area (Å²) in [6.07, 6.45) is 1.50. The molecule has 0 aliphatic heterocycles. The summed E-state index contributed by atoms with van der Waals surface area (Å²) >= 11 is 0. The van der Waals surface area contributed by atoms with E-state index in [0.717, 1.165) is 0 Å². The summed E-state index contributed by atoms with van der Waals surface area (Å²) < 4.78 is 12.6. The molecule has 4 heteroatoms. The summed E-state index contributed by atoms with van der Waals surface area (Å²) in [6.45, 7) is 0. The molecule has 1 heterocycles. The number of hydrogen-bond donors (Lipinski definition) is 0. The Morgan fingerprint density at radius 2 is 2.36 bits per heavy atom. The standard InChI is InChI=1S/C7H5FN2.ClH/c8-6-2-1-5-10-7(6)3-4-9;/h1-2,5H,3H2;1H. The molecule has 1 aromatic heterocycles. The Bertz CT molecular complexity index is 269. The summed E-state index contributed by atoms with van der Waals surface area (Å²) in [5.41, 5.74) is 0.213. The zero-order chi connectivity index (χ0) is 7.40. The van der Waals surface area contributed by atoms with Crippen LogP contribution in [0, 0.1) is 17.1 Å². The van der Waals surface area contributed by atoms with E-state index in [1.54, 1.807) is 0 Å². The molecular weight excluding hydrogens is 167 g/mol. The largest absolute Gasteiger partial charge is 0.257 e. The van der Waals surface area contributed by atoms with E-state index in [2.05, 4.69) is 4.98 Å². The molecule has 11 heavy (non-hydrogen) atoms. The topological polar surface area (TPSA) is 36.7 Å². The van der Waals surface area contributed by atoms with Gasteiger partial charge in [0.1, 0.15) is 5.82 Å². The molecule has 0 unspecified atom stereocenters. The van der Waals surface area contributed by atoms with Crippen molar-refractivity contribution in [2.45, 2.75) is 6.42 Å². The molecule has 0 aliphatic carbocycles. The van der Waals surface area contributed by atoms with Gasteiger partial charge in [0.15, 0.2) is 0 Å². The number of nitriles is 1. The molecule has 58 valence electrons. The lowest BCUT2D eigenvalue weighted by Crippen LogP contribution is -1.91. The van der Waals surface area contributed by atoms with Crippen LogP contribution in [0.15, 0.2) is 18.3 Å². The minimum atomic E-state index is -0.413. The van der Waals surface area contributed by atoms with Gasteiger partial charge in [0.2, 0.25) is 0 Å². The van der Waals surface area contributed by atoms with Gasteiger partial charge in [0.25, 0.3) is 0 Å². The normalized spacial score (nSPS) is 8.00. The molecule has 0 aliphatic rings. The fourth-order valence-corrected chi connectivity index (χ4v) is 0.623. The van der Waals surface area contributed by atoms with E-state index in [1.165, 1.54) is 18.3 Å². The van der Waals surface area contributed by atoms with Gasteiger partial charge in [-0.2, -0.15) is 5.26 Å². The van der Waals surface area contributed by atoms with Gasteiger partial charge in [-0.15, -0.1) is 12.4 Å². The Labute approximate surface area is 70.1 Å². The lowest BCUT2D eigenvalue weighted by molar-refractivity contribution is 0.605. The molecule has 0 amide bonds.